The molecular formula is C5H10O2S. The maximum absolute atomic E-state index is 8.96. The third-order valence-electron chi connectivity index (χ3n) is 1.52. The lowest BCUT2D eigenvalue weighted by molar-refractivity contribution is -0.163. The Kier molecular flexibility index (Phi) is 1.12. The second kappa shape index (κ2) is 1.40. The summed E-state index contributed by atoms with van der Waals surface area (Å²) < 4.78 is 0. The van der Waals surface area contributed by atoms with Crippen LogP contribution in [0, 0.1) is 5.41 Å². The number of rotatable bonds is 0. The zero-order valence-corrected chi connectivity index (χ0v) is 5.83. The van der Waals surface area contributed by atoms with Gasteiger partial charge in [-0.15, -0.1) is 0 Å². The highest BCUT2D eigenvalue weighted by molar-refractivity contribution is 8.01. The van der Waals surface area contributed by atoms with E-state index in [4.69, 9.17) is 10.2 Å². The van der Waals surface area contributed by atoms with Gasteiger partial charge in [-0.1, -0.05) is 25.6 Å². The minimum absolute atomic E-state index is 0.308. The van der Waals surface area contributed by atoms with Crippen LogP contribution in [0.1, 0.15) is 13.8 Å². The molecular weight excluding hydrogens is 124 g/mol. The van der Waals surface area contributed by atoms with Crippen molar-refractivity contribution in [2.75, 3.05) is 5.75 Å². The van der Waals surface area contributed by atoms with Crippen LogP contribution < -0.4 is 0 Å². The minimum Gasteiger partial charge on any atom is -0.357 e. The fourth-order valence-electron chi connectivity index (χ4n) is 0.490. The molecule has 0 aromatic heterocycles. The van der Waals surface area contributed by atoms with Crippen molar-refractivity contribution < 1.29 is 10.2 Å². The molecule has 3 heteroatoms. The molecule has 8 heavy (non-hydrogen) atoms. The molecule has 1 fully saturated rings. The first kappa shape index (κ1) is 6.39. The maximum atomic E-state index is 8.96. The predicted octanol–water partition coefficient (Wildman–Crippen LogP) is 0.398. The standard InChI is InChI=1S/C5H10O2S/c1-4(2)3-8-5(4,6)7/h6-7H,3H2,1-2H3. The van der Waals surface area contributed by atoms with E-state index >= 15 is 0 Å². The largest absolute Gasteiger partial charge is 0.357 e. The third-order valence-corrected chi connectivity index (χ3v) is 3.34. The van der Waals surface area contributed by atoms with E-state index in [1.807, 2.05) is 13.8 Å². The van der Waals surface area contributed by atoms with Gasteiger partial charge in [0.15, 0.2) is 0 Å². The molecule has 2 N–H and O–H groups in total. The molecule has 0 aliphatic carbocycles. The first-order valence-corrected chi connectivity index (χ1v) is 3.53. The predicted molar refractivity (Wildman–Crippen MR) is 33.4 cm³/mol. The molecule has 0 radical (unpaired) electrons. The van der Waals surface area contributed by atoms with E-state index in [1.165, 1.54) is 11.8 Å². The van der Waals surface area contributed by atoms with E-state index in [9.17, 15) is 0 Å². The average molecular weight is 134 g/mol. The lowest BCUT2D eigenvalue weighted by Crippen LogP contribution is -2.52. The quantitative estimate of drug-likeness (QED) is 0.471. The highest BCUT2D eigenvalue weighted by atomic mass is 32.2. The van der Waals surface area contributed by atoms with Gasteiger partial charge < -0.3 is 10.2 Å². The van der Waals surface area contributed by atoms with Gasteiger partial charge in [0.05, 0.1) is 0 Å². The highest BCUT2D eigenvalue weighted by Gasteiger charge is 2.51. The summed E-state index contributed by atoms with van der Waals surface area (Å²) in [6.07, 6.45) is 0. The zero-order valence-electron chi connectivity index (χ0n) is 5.01. The van der Waals surface area contributed by atoms with Crippen LogP contribution in [0.15, 0.2) is 0 Å². The molecule has 0 bridgehead atoms. The van der Waals surface area contributed by atoms with Crippen molar-refractivity contribution in [1.82, 2.24) is 0 Å². The molecule has 48 valence electrons. The van der Waals surface area contributed by atoms with Crippen molar-refractivity contribution in [1.29, 1.82) is 0 Å². The molecule has 1 heterocycles. The molecule has 1 rings (SSSR count). The van der Waals surface area contributed by atoms with E-state index < -0.39 is 5.12 Å². The average Bonchev–Trinajstić information content (AvgIpc) is 1.64. The lowest BCUT2D eigenvalue weighted by atomic mass is 9.94. The second-order valence-electron chi connectivity index (χ2n) is 2.78. The monoisotopic (exact) mass is 134 g/mol. The summed E-state index contributed by atoms with van der Waals surface area (Å²) in [4.78, 5) is 0. The Morgan fingerprint density at radius 3 is 1.75 bits per heavy atom. The van der Waals surface area contributed by atoms with Gasteiger partial charge in [0.1, 0.15) is 0 Å². The third kappa shape index (κ3) is 0.658. The molecule has 0 unspecified atom stereocenters. The topological polar surface area (TPSA) is 40.5 Å². The Morgan fingerprint density at radius 2 is 1.75 bits per heavy atom. The fourth-order valence-corrected chi connectivity index (χ4v) is 1.47. The SMILES string of the molecule is CC1(C)CSC1(O)O. The summed E-state index contributed by atoms with van der Waals surface area (Å²) in [5.41, 5.74) is -0.308. The first-order valence-electron chi connectivity index (χ1n) is 2.54. The lowest BCUT2D eigenvalue weighted by Gasteiger charge is -2.46. The summed E-state index contributed by atoms with van der Waals surface area (Å²) in [5.74, 6) is 0.833. The molecule has 0 spiro atoms. The van der Waals surface area contributed by atoms with Crippen LogP contribution in [0.2, 0.25) is 0 Å². The molecule has 2 nitrogen and oxygen atoms in total. The van der Waals surface area contributed by atoms with E-state index in [-0.39, 0.29) is 5.41 Å². The van der Waals surface area contributed by atoms with E-state index in [1.54, 1.807) is 0 Å². The van der Waals surface area contributed by atoms with E-state index in [0.717, 1.165) is 5.75 Å². The van der Waals surface area contributed by atoms with Crippen LogP contribution in [0.3, 0.4) is 0 Å². The molecule has 1 aliphatic heterocycles. The van der Waals surface area contributed by atoms with Crippen molar-refractivity contribution in [3.63, 3.8) is 0 Å². The molecule has 0 aromatic rings. The summed E-state index contributed by atoms with van der Waals surface area (Å²) in [5, 5.41) is 16.5. The summed E-state index contributed by atoms with van der Waals surface area (Å²) >= 11 is 1.18. The van der Waals surface area contributed by atoms with Crippen LogP contribution in [-0.2, 0) is 0 Å². The van der Waals surface area contributed by atoms with Gasteiger partial charge in [0, 0.05) is 11.2 Å². The van der Waals surface area contributed by atoms with Crippen LogP contribution in [0.4, 0.5) is 0 Å². The first-order chi connectivity index (χ1) is 3.46. The van der Waals surface area contributed by atoms with Crippen molar-refractivity contribution in [2.45, 2.75) is 19.0 Å². The summed E-state index contributed by atoms with van der Waals surface area (Å²) in [7, 11) is 0. The van der Waals surface area contributed by atoms with Crippen LogP contribution in [0.25, 0.3) is 0 Å². The second-order valence-corrected chi connectivity index (χ2v) is 3.93. The Morgan fingerprint density at radius 1 is 1.38 bits per heavy atom. The van der Waals surface area contributed by atoms with Crippen molar-refractivity contribution in [3.8, 4) is 0 Å². The Bertz CT molecular complexity index is 95.0. The normalized spacial score (nSPS) is 31.5. The molecule has 1 saturated heterocycles. The van der Waals surface area contributed by atoms with Gasteiger partial charge >= 0.3 is 0 Å². The number of hydrogen-bond acceptors (Lipinski definition) is 3. The van der Waals surface area contributed by atoms with Gasteiger partial charge in [-0.25, -0.2) is 0 Å². The van der Waals surface area contributed by atoms with E-state index in [0.29, 0.717) is 0 Å². The van der Waals surface area contributed by atoms with Gasteiger partial charge in [0.2, 0.25) is 5.12 Å². The van der Waals surface area contributed by atoms with Crippen LogP contribution in [0.5, 0.6) is 0 Å². The minimum atomic E-state index is -1.47. The Balaban J connectivity index is 2.63. The van der Waals surface area contributed by atoms with Crippen LogP contribution >= 0.6 is 11.8 Å². The van der Waals surface area contributed by atoms with Gasteiger partial charge in [-0.2, -0.15) is 0 Å². The zero-order chi connectivity index (χ0) is 6.41. The van der Waals surface area contributed by atoms with Gasteiger partial charge in [-0.05, 0) is 0 Å². The molecule has 0 aromatic carbocycles. The summed E-state index contributed by atoms with van der Waals surface area (Å²) in [6, 6.07) is 0. The summed E-state index contributed by atoms with van der Waals surface area (Å²) in [6.45, 7) is 3.67. The number of aliphatic hydroxyl groups is 2. The van der Waals surface area contributed by atoms with Crippen molar-refractivity contribution in [2.24, 2.45) is 5.41 Å². The Labute approximate surface area is 52.9 Å². The van der Waals surface area contributed by atoms with Crippen molar-refractivity contribution in [3.05, 3.63) is 0 Å². The maximum Gasteiger partial charge on any atom is 0.219 e. The van der Waals surface area contributed by atoms with E-state index in [2.05, 4.69) is 0 Å². The molecule has 0 amide bonds. The van der Waals surface area contributed by atoms with Gasteiger partial charge in [0.25, 0.3) is 0 Å². The smallest absolute Gasteiger partial charge is 0.219 e. The van der Waals surface area contributed by atoms with Crippen molar-refractivity contribution >= 4 is 11.8 Å². The number of thioether (sulfide) groups is 1. The van der Waals surface area contributed by atoms with Gasteiger partial charge in [-0.3, -0.25) is 0 Å². The Hall–Kier alpha value is 0.270. The molecule has 1 aliphatic rings. The highest BCUT2D eigenvalue weighted by Crippen LogP contribution is 2.50. The molecule has 0 saturated carbocycles. The molecule has 0 atom stereocenters. The number of hydrogen-bond donors (Lipinski definition) is 2. The van der Waals surface area contributed by atoms with Crippen LogP contribution in [-0.4, -0.2) is 21.1 Å². The fraction of sp³-hybridized carbons (Fsp3) is 1.00.